The van der Waals surface area contributed by atoms with E-state index in [1.165, 1.54) is 18.2 Å². The van der Waals surface area contributed by atoms with Gasteiger partial charge in [0, 0.05) is 11.3 Å². The number of anilines is 1. The number of aliphatic hydroxyl groups is 1. The van der Waals surface area contributed by atoms with Crippen molar-refractivity contribution in [1.29, 1.82) is 0 Å². The standard InChI is InChI=1S/C8H11NO4S/c1-14(11,12)13-8-3-2-7(9)4-6(8)5-10/h2-4,10H,5,9H2,1H3. The quantitative estimate of drug-likeness (QED) is 0.553. The molecule has 3 N–H and O–H groups in total. The van der Waals surface area contributed by atoms with Crippen molar-refractivity contribution in [3.8, 4) is 5.75 Å². The van der Waals surface area contributed by atoms with Gasteiger partial charge in [0.2, 0.25) is 0 Å². The maximum atomic E-state index is 10.8. The third-order valence-electron chi connectivity index (χ3n) is 1.50. The minimum absolute atomic E-state index is 0.101. The van der Waals surface area contributed by atoms with E-state index in [1.54, 1.807) is 0 Å². The molecule has 0 saturated heterocycles. The zero-order chi connectivity index (χ0) is 10.8. The van der Waals surface area contributed by atoms with Crippen molar-refractivity contribution < 1.29 is 17.7 Å². The Labute approximate surface area is 82.2 Å². The molecule has 0 saturated carbocycles. The summed E-state index contributed by atoms with van der Waals surface area (Å²) in [7, 11) is -3.57. The highest BCUT2D eigenvalue weighted by Crippen LogP contribution is 2.22. The molecule has 5 nitrogen and oxygen atoms in total. The van der Waals surface area contributed by atoms with Gasteiger partial charge in [-0.15, -0.1) is 0 Å². The van der Waals surface area contributed by atoms with Crippen LogP contribution in [0.1, 0.15) is 5.56 Å². The molecule has 0 heterocycles. The number of benzene rings is 1. The SMILES string of the molecule is CS(=O)(=O)Oc1ccc(N)cc1CO. The van der Waals surface area contributed by atoms with E-state index in [2.05, 4.69) is 4.18 Å². The van der Waals surface area contributed by atoms with Crippen molar-refractivity contribution in [2.24, 2.45) is 0 Å². The Morgan fingerprint density at radius 3 is 2.64 bits per heavy atom. The van der Waals surface area contributed by atoms with Gasteiger partial charge in [0.1, 0.15) is 5.75 Å². The van der Waals surface area contributed by atoms with Crippen LogP contribution in [0.5, 0.6) is 5.75 Å². The first-order chi connectivity index (χ1) is 6.42. The van der Waals surface area contributed by atoms with Crippen LogP contribution in [-0.4, -0.2) is 19.8 Å². The van der Waals surface area contributed by atoms with Gasteiger partial charge in [-0.25, -0.2) is 0 Å². The van der Waals surface area contributed by atoms with E-state index < -0.39 is 10.1 Å². The molecule has 0 bridgehead atoms. The molecule has 1 aromatic carbocycles. The lowest BCUT2D eigenvalue weighted by molar-refractivity contribution is 0.278. The van der Waals surface area contributed by atoms with Crippen LogP contribution in [0.15, 0.2) is 18.2 Å². The van der Waals surface area contributed by atoms with Crippen LogP contribution in [-0.2, 0) is 16.7 Å². The van der Waals surface area contributed by atoms with E-state index in [4.69, 9.17) is 10.8 Å². The normalized spacial score (nSPS) is 11.3. The fourth-order valence-electron chi connectivity index (χ4n) is 0.967. The summed E-state index contributed by atoms with van der Waals surface area (Å²) < 4.78 is 26.3. The Hall–Kier alpha value is -1.27. The third kappa shape index (κ3) is 2.90. The maximum Gasteiger partial charge on any atom is 0.306 e. The molecule has 0 radical (unpaired) electrons. The Morgan fingerprint density at radius 2 is 2.14 bits per heavy atom. The average Bonchev–Trinajstić information content (AvgIpc) is 2.06. The van der Waals surface area contributed by atoms with E-state index in [0.717, 1.165) is 6.26 Å². The van der Waals surface area contributed by atoms with Crippen molar-refractivity contribution in [3.63, 3.8) is 0 Å². The molecule has 0 aliphatic heterocycles. The smallest absolute Gasteiger partial charge is 0.306 e. The largest absolute Gasteiger partial charge is 0.399 e. The van der Waals surface area contributed by atoms with Crippen LogP contribution in [0.4, 0.5) is 5.69 Å². The topological polar surface area (TPSA) is 89.6 Å². The lowest BCUT2D eigenvalue weighted by Gasteiger charge is -2.07. The van der Waals surface area contributed by atoms with Gasteiger partial charge >= 0.3 is 10.1 Å². The molecule has 0 aromatic heterocycles. The molecule has 14 heavy (non-hydrogen) atoms. The maximum absolute atomic E-state index is 10.8. The Kier molecular flexibility index (Phi) is 2.97. The van der Waals surface area contributed by atoms with Gasteiger partial charge in [-0.05, 0) is 18.2 Å². The summed E-state index contributed by atoms with van der Waals surface area (Å²) in [4.78, 5) is 0. The van der Waals surface area contributed by atoms with Gasteiger partial charge in [-0.1, -0.05) is 0 Å². The molecule has 0 unspecified atom stereocenters. The fraction of sp³-hybridized carbons (Fsp3) is 0.250. The van der Waals surface area contributed by atoms with E-state index in [1.807, 2.05) is 0 Å². The number of rotatable bonds is 3. The first kappa shape index (κ1) is 10.8. The second-order valence-electron chi connectivity index (χ2n) is 2.81. The van der Waals surface area contributed by atoms with Crippen molar-refractivity contribution in [2.45, 2.75) is 6.61 Å². The zero-order valence-corrected chi connectivity index (χ0v) is 8.41. The number of nitrogens with two attached hydrogens (primary N) is 1. The summed E-state index contributed by atoms with van der Waals surface area (Å²) in [5.74, 6) is 0.101. The van der Waals surface area contributed by atoms with Crippen molar-refractivity contribution in [2.75, 3.05) is 12.0 Å². The zero-order valence-electron chi connectivity index (χ0n) is 7.60. The van der Waals surface area contributed by atoms with Gasteiger partial charge < -0.3 is 15.0 Å². The molecule has 6 heteroatoms. The number of nitrogen functional groups attached to an aromatic ring is 1. The predicted octanol–water partition coefficient (Wildman–Crippen LogP) is 0.0995. The minimum Gasteiger partial charge on any atom is -0.399 e. The first-order valence-corrected chi connectivity index (χ1v) is 5.63. The molecule has 0 spiro atoms. The van der Waals surface area contributed by atoms with Gasteiger partial charge in [0.15, 0.2) is 0 Å². The van der Waals surface area contributed by atoms with Crippen LogP contribution in [0.2, 0.25) is 0 Å². The number of hydrogen-bond donors (Lipinski definition) is 2. The molecule has 1 aromatic rings. The van der Waals surface area contributed by atoms with Gasteiger partial charge in [-0.3, -0.25) is 0 Å². The van der Waals surface area contributed by atoms with Crippen molar-refractivity contribution >= 4 is 15.8 Å². The lowest BCUT2D eigenvalue weighted by atomic mass is 10.2. The molecular formula is C8H11NO4S. The lowest BCUT2D eigenvalue weighted by Crippen LogP contribution is -2.07. The monoisotopic (exact) mass is 217 g/mol. The minimum atomic E-state index is -3.57. The highest BCUT2D eigenvalue weighted by atomic mass is 32.2. The van der Waals surface area contributed by atoms with Gasteiger partial charge in [0.05, 0.1) is 12.9 Å². The third-order valence-corrected chi connectivity index (χ3v) is 1.98. The number of aliphatic hydroxyl groups excluding tert-OH is 1. The van der Waals surface area contributed by atoms with Crippen LogP contribution >= 0.6 is 0 Å². The van der Waals surface area contributed by atoms with E-state index in [9.17, 15) is 8.42 Å². The van der Waals surface area contributed by atoms with Crippen LogP contribution < -0.4 is 9.92 Å². The molecular weight excluding hydrogens is 206 g/mol. The molecule has 78 valence electrons. The summed E-state index contributed by atoms with van der Waals surface area (Å²) >= 11 is 0. The van der Waals surface area contributed by atoms with E-state index in [-0.39, 0.29) is 12.4 Å². The van der Waals surface area contributed by atoms with Crippen LogP contribution in [0.25, 0.3) is 0 Å². The number of hydrogen-bond acceptors (Lipinski definition) is 5. The van der Waals surface area contributed by atoms with E-state index >= 15 is 0 Å². The molecule has 0 amide bonds. The molecule has 0 atom stereocenters. The first-order valence-electron chi connectivity index (χ1n) is 3.81. The molecule has 0 aliphatic rings. The van der Waals surface area contributed by atoms with Crippen molar-refractivity contribution in [3.05, 3.63) is 23.8 Å². The predicted molar refractivity (Wildman–Crippen MR) is 52.2 cm³/mol. The second kappa shape index (κ2) is 3.85. The summed E-state index contributed by atoms with van der Waals surface area (Å²) in [6.07, 6.45) is 0.935. The average molecular weight is 217 g/mol. The summed E-state index contributed by atoms with van der Waals surface area (Å²) in [5.41, 5.74) is 6.23. The Balaban J connectivity index is 3.09. The molecule has 0 aliphatic carbocycles. The van der Waals surface area contributed by atoms with Gasteiger partial charge in [0.25, 0.3) is 0 Å². The van der Waals surface area contributed by atoms with Crippen LogP contribution in [0, 0.1) is 0 Å². The van der Waals surface area contributed by atoms with Gasteiger partial charge in [-0.2, -0.15) is 8.42 Å². The fourth-order valence-corrected chi connectivity index (χ4v) is 1.46. The van der Waals surface area contributed by atoms with Crippen molar-refractivity contribution in [1.82, 2.24) is 0 Å². The second-order valence-corrected chi connectivity index (χ2v) is 4.39. The Bertz CT molecular complexity index is 427. The summed E-state index contributed by atoms with van der Waals surface area (Å²) in [6, 6.07) is 4.36. The van der Waals surface area contributed by atoms with E-state index in [0.29, 0.717) is 11.3 Å². The highest BCUT2D eigenvalue weighted by Gasteiger charge is 2.09. The summed E-state index contributed by atoms with van der Waals surface area (Å²) in [5, 5.41) is 8.91. The molecule has 1 rings (SSSR count). The molecule has 0 fully saturated rings. The summed E-state index contributed by atoms with van der Waals surface area (Å²) in [6.45, 7) is -0.324. The Morgan fingerprint density at radius 1 is 1.50 bits per heavy atom. The highest BCUT2D eigenvalue weighted by molar-refractivity contribution is 7.86. The van der Waals surface area contributed by atoms with Crippen LogP contribution in [0.3, 0.4) is 0 Å².